The lowest BCUT2D eigenvalue weighted by molar-refractivity contribution is -0.121. The Labute approximate surface area is 134 Å². The van der Waals surface area contributed by atoms with Gasteiger partial charge in [0.1, 0.15) is 0 Å². The highest BCUT2D eigenvalue weighted by atomic mass is 16.5. The molecule has 3 rings (SSSR count). The summed E-state index contributed by atoms with van der Waals surface area (Å²) < 4.78 is 5.23. The molecule has 3 heterocycles. The molecule has 1 unspecified atom stereocenters. The molecule has 2 aromatic heterocycles. The maximum absolute atomic E-state index is 12.3. The lowest BCUT2D eigenvalue weighted by Gasteiger charge is -2.33. The molecule has 1 aliphatic rings. The molecule has 1 amide bonds. The molecule has 2 aromatic rings. The minimum Gasteiger partial charge on any atom is -0.338 e. The fraction of sp³-hybridized carbons (Fsp3) is 0.533. The smallest absolute Gasteiger partial charge is 0.243 e. The number of rotatable bonds is 4. The monoisotopic (exact) mass is 316 g/mol. The van der Waals surface area contributed by atoms with E-state index < -0.39 is 0 Å². The molecule has 1 aliphatic heterocycles. The van der Waals surface area contributed by atoms with Gasteiger partial charge in [-0.3, -0.25) is 15.0 Å². The number of amides is 1. The van der Waals surface area contributed by atoms with Crippen LogP contribution in [-0.2, 0) is 4.79 Å². The van der Waals surface area contributed by atoms with Gasteiger partial charge in [-0.05, 0) is 45.8 Å². The molecule has 1 saturated heterocycles. The largest absolute Gasteiger partial charge is 0.338 e. The summed E-state index contributed by atoms with van der Waals surface area (Å²) in [4.78, 5) is 26.8. The van der Waals surface area contributed by atoms with E-state index in [1.54, 1.807) is 18.5 Å². The van der Waals surface area contributed by atoms with Crippen molar-refractivity contribution in [3.8, 4) is 0 Å². The van der Waals surface area contributed by atoms with Gasteiger partial charge in [-0.25, -0.2) is 9.97 Å². The highest BCUT2D eigenvalue weighted by molar-refractivity contribution is 5.90. The molecule has 0 bridgehead atoms. The van der Waals surface area contributed by atoms with Gasteiger partial charge < -0.3 is 4.52 Å². The van der Waals surface area contributed by atoms with Crippen molar-refractivity contribution >= 4 is 11.9 Å². The standard InChI is InChI=1S/C15H20N6O2/c1-10(14-18-11(2)20-23-14)21-8-4-12(5-9-21)13(22)19-15-16-6-3-7-17-15/h3,6-7,10,12H,4-5,8-9H2,1-2H3,(H,16,17,19,22). The Morgan fingerprint density at radius 1 is 1.35 bits per heavy atom. The van der Waals surface area contributed by atoms with Crippen LogP contribution in [0.2, 0.25) is 0 Å². The second-order valence-corrected chi connectivity index (χ2v) is 5.73. The summed E-state index contributed by atoms with van der Waals surface area (Å²) in [6.07, 6.45) is 4.80. The molecule has 8 heteroatoms. The molecular formula is C15H20N6O2. The Balaban J connectivity index is 1.53. The van der Waals surface area contributed by atoms with E-state index in [0.717, 1.165) is 25.9 Å². The van der Waals surface area contributed by atoms with E-state index in [4.69, 9.17) is 4.52 Å². The van der Waals surface area contributed by atoms with Gasteiger partial charge in [0.2, 0.25) is 17.7 Å². The molecular weight excluding hydrogens is 296 g/mol. The SMILES string of the molecule is Cc1noc(C(C)N2CCC(C(=O)Nc3ncccn3)CC2)n1. The van der Waals surface area contributed by atoms with Crippen molar-refractivity contribution in [3.05, 3.63) is 30.2 Å². The fourth-order valence-electron chi connectivity index (χ4n) is 2.76. The lowest BCUT2D eigenvalue weighted by Crippen LogP contribution is -2.39. The van der Waals surface area contributed by atoms with E-state index in [2.05, 4.69) is 30.3 Å². The van der Waals surface area contributed by atoms with Crippen LogP contribution >= 0.6 is 0 Å². The Kier molecular flexibility index (Phi) is 4.61. The highest BCUT2D eigenvalue weighted by Gasteiger charge is 2.29. The fourth-order valence-corrected chi connectivity index (χ4v) is 2.76. The first-order valence-electron chi connectivity index (χ1n) is 7.75. The summed E-state index contributed by atoms with van der Waals surface area (Å²) >= 11 is 0. The normalized spacial score (nSPS) is 17.8. The van der Waals surface area contributed by atoms with Crippen molar-refractivity contribution in [2.24, 2.45) is 5.92 Å². The molecule has 8 nitrogen and oxygen atoms in total. The predicted octanol–water partition coefficient (Wildman–Crippen LogP) is 1.58. The Bertz CT molecular complexity index is 651. The van der Waals surface area contributed by atoms with E-state index in [-0.39, 0.29) is 17.9 Å². The van der Waals surface area contributed by atoms with Gasteiger partial charge in [0.25, 0.3) is 0 Å². The Morgan fingerprint density at radius 3 is 2.65 bits per heavy atom. The zero-order valence-corrected chi connectivity index (χ0v) is 13.3. The molecule has 1 fully saturated rings. The van der Waals surface area contributed by atoms with E-state index in [9.17, 15) is 4.79 Å². The van der Waals surface area contributed by atoms with Gasteiger partial charge in [-0.1, -0.05) is 5.16 Å². The quantitative estimate of drug-likeness (QED) is 0.914. The van der Waals surface area contributed by atoms with E-state index >= 15 is 0 Å². The lowest BCUT2D eigenvalue weighted by atomic mass is 9.95. The molecule has 23 heavy (non-hydrogen) atoms. The molecule has 0 aliphatic carbocycles. The topological polar surface area (TPSA) is 97.0 Å². The van der Waals surface area contributed by atoms with Gasteiger partial charge in [0.05, 0.1) is 6.04 Å². The van der Waals surface area contributed by atoms with Crippen molar-refractivity contribution in [1.29, 1.82) is 0 Å². The molecule has 0 spiro atoms. The third-order valence-electron chi connectivity index (χ3n) is 4.15. The average molecular weight is 316 g/mol. The van der Waals surface area contributed by atoms with Gasteiger partial charge in [-0.2, -0.15) is 4.98 Å². The summed E-state index contributed by atoms with van der Waals surface area (Å²) in [5, 5.41) is 6.60. The van der Waals surface area contributed by atoms with Crippen LogP contribution in [0.4, 0.5) is 5.95 Å². The second-order valence-electron chi connectivity index (χ2n) is 5.73. The number of carbonyl (C=O) groups is 1. The number of hydrogen-bond donors (Lipinski definition) is 1. The molecule has 0 aromatic carbocycles. The molecule has 0 radical (unpaired) electrons. The summed E-state index contributed by atoms with van der Waals surface area (Å²) in [7, 11) is 0. The van der Waals surface area contributed by atoms with Crippen LogP contribution < -0.4 is 5.32 Å². The van der Waals surface area contributed by atoms with Crippen molar-refractivity contribution in [2.75, 3.05) is 18.4 Å². The maximum atomic E-state index is 12.3. The molecule has 122 valence electrons. The summed E-state index contributed by atoms with van der Waals surface area (Å²) in [5.41, 5.74) is 0. The third kappa shape index (κ3) is 3.70. The first kappa shape index (κ1) is 15.5. The number of aryl methyl sites for hydroxylation is 1. The van der Waals surface area contributed by atoms with Crippen LogP contribution in [0.3, 0.4) is 0 Å². The minimum absolute atomic E-state index is 0.0165. The molecule has 0 saturated carbocycles. The first-order chi connectivity index (χ1) is 11.1. The van der Waals surface area contributed by atoms with Crippen molar-refractivity contribution in [2.45, 2.75) is 32.7 Å². The predicted molar refractivity (Wildman–Crippen MR) is 82.4 cm³/mol. The summed E-state index contributed by atoms with van der Waals surface area (Å²) in [6, 6.07) is 1.78. The average Bonchev–Trinajstić information content (AvgIpc) is 3.02. The van der Waals surface area contributed by atoms with E-state index in [1.807, 2.05) is 13.8 Å². The van der Waals surface area contributed by atoms with Gasteiger partial charge >= 0.3 is 0 Å². The van der Waals surface area contributed by atoms with Crippen LogP contribution in [0.15, 0.2) is 23.0 Å². The molecule has 1 atom stereocenters. The van der Waals surface area contributed by atoms with E-state index in [0.29, 0.717) is 17.7 Å². The van der Waals surface area contributed by atoms with Gasteiger partial charge in [-0.15, -0.1) is 0 Å². The minimum atomic E-state index is -0.0216. The van der Waals surface area contributed by atoms with Crippen LogP contribution in [0, 0.1) is 12.8 Å². The highest BCUT2D eigenvalue weighted by Crippen LogP contribution is 2.26. The molecule has 1 N–H and O–H groups in total. The number of hydrogen-bond acceptors (Lipinski definition) is 7. The Hall–Kier alpha value is -2.35. The number of aromatic nitrogens is 4. The Morgan fingerprint density at radius 2 is 2.04 bits per heavy atom. The summed E-state index contributed by atoms with van der Waals surface area (Å²) in [6.45, 7) is 5.49. The van der Waals surface area contributed by atoms with Crippen molar-refractivity contribution < 1.29 is 9.32 Å². The number of anilines is 1. The van der Waals surface area contributed by atoms with E-state index in [1.165, 1.54) is 0 Å². The first-order valence-corrected chi connectivity index (χ1v) is 7.75. The number of nitrogens with one attached hydrogen (secondary N) is 1. The summed E-state index contributed by atoms with van der Waals surface area (Å²) in [5.74, 6) is 1.59. The number of likely N-dealkylation sites (tertiary alicyclic amines) is 1. The van der Waals surface area contributed by atoms with Crippen LogP contribution in [0.25, 0.3) is 0 Å². The van der Waals surface area contributed by atoms with Gasteiger partial charge in [0.15, 0.2) is 5.82 Å². The number of carbonyl (C=O) groups excluding carboxylic acids is 1. The van der Waals surface area contributed by atoms with Crippen LogP contribution in [-0.4, -0.2) is 44.0 Å². The van der Waals surface area contributed by atoms with Crippen LogP contribution in [0.1, 0.15) is 37.5 Å². The van der Waals surface area contributed by atoms with Gasteiger partial charge in [0, 0.05) is 18.3 Å². The van der Waals surface area contributed by atoms with Crippen molar-refractivity contribution in [3.63, 3.8) is 0 Å². The second kappa shape index (κ2) is 6.82. The zero-order chi connectivity index (χ0) is 16.2. The number of piperidine rings is 1. The third-order valence-corrected chi connectivity index (χ3v) is 4.15. The maximum Gasteiger partial charge on any atom is 0.243 e. The van der Waals surface area contributed by atoms with Crippen LogP contribution in [0.5, 0.6) is 0 Å². The number of nitrogens with zero attached hydrogens (tertiary/aromatic N) is 5. The zero-order valence-electron chi connectivity index (χ0n) is 13.3. The van der Waals surface area contributed by atoms with Crippen molar-refractivity contribution in [1.82, 2.24) is 25.0 Å².